The monoisotopic (exact) mass is 348 g/mol. The Bertz CT molecular complexity index is 760. The Morgan fingerprint density at radius 2 is 1.28 bits per heavy atom. The summed E-state index contributed by atoms with van der Waals surface area (Å²) in [6.45, 7) is 17.1. The van der Waals surface area contributed by atoms with Gasteiger partial charge in [-0.3, -0.25) is 4.79 Å². The van der Waals surface area contributed by atoms with E-state index in [2.05, 4.69) is 79.7 Å². The number of rotatable bonds is 3. The van der Waals surface area contributed by atoms with E-state index < -0.39 is 0 Å². The van der Waals surface area contributed by atoms with Crippen molar-refractivity contribution >= 4 is 19.4 Å². The van der Waals surface area contributed by atoms with E-state index in [-0.39, 0.29) is 39.8 Å². The third-order valence-corrected chi connectivity index (χ3v) is 6.06. The van der Waals surface area contributed by atoms with E-state index in [0.717, 1.165) is 16.7 Å². The zero-order valence-electron chi connectivity index (χ0n) is 18.2. The summed E-state index contributed by atoms with van der Waals surface area (Å²) < 4.78 is 0. The molecule has 0 aliphatic carbocycles. The van der Waals surface area contributed by atoms with Crippen LogP contribution in [0.3, 0.4) is 0 Å². The molecule has 3 heteroatoms. The van der Waals surface area contributed by atoms with Crippen molar-refractivity contribution in [2.75, 3.05) is 0 Å². The van der Waals surface area contributed by atoms with Gasteiger partial charge >= 0.3 is 18.9 Å². The SMILES string of the molecule is Cc1cc(C)c(PC(=O)c2c(C)cc(C(C)(C)C)cc2C)c(C)c1.[H-].[Li+]. The Morgan fingerprint density at radius 3 is 1.68 bits per heavy atom. The smallest absolute Gasteiger partial charge is 1.00 e. The van der Waals surface area contributed by atoms with E-state index in [4.69, 9.17) is 0 Å². The Kier molecular flexibility index (Phi) is 7.29. The molecule has 0 radical (unpaired) electrons. The van der Waals surface area contributed by atoms with Crippen LogP contribution >= 0.6 is 8.58 Å². The number of aryl methyl sites for hydroxylation is 5. The molecular weight excluding hydrogens is 318 g/mol. The summed E-state index contributed by atoms with van der Waals surface area (Å²) in [6.07, 6.45) is 0. The first kappa shape index (κ1) is 22.2. The maximum atomic E-state index is 13.0. The van der Waals surface area contributed by atoms with E-state index in [0.29, 0.717) is 0 Å². The zero-order chi connectivity index (χ0) is 18.2. The Balaban J connectivity index is 0.00000312. The predicted octanol–water partition coefficient (Wildman–Crippen LogP) is 2.79. The third kappa shape index (κ3) is 5.07. The fraction of sp³-hybridized carbons (Fsp3) is 0.409. The van der Waals surface area contributed by atoms with Crippen molar-refractivity contribution in [2.45, 2.75) is 60.8 Å². The van der Waals surface area contributed by atoms with Crippen LogP contribution < -0.4 is 24.2 Å². The molecule has 2 aromatic rings. The number of carbonyl (C=O) groups excluding carboxylic acids is 1. The van der Waals surface area contributed by atoms with Crippen molar-refractivity contribution in [1.29, 1.82) is 0 Å². The van der Waals surface area contributed by atoms with Gasteiger partial charge < -0.3 is 1.43 Å². The summed E-state index contributed by atoms with van der Waals surface area (Å²) in [4.78, 5) is 13.0. The number of benzene rings is 2. The molecule has 0 saturated carbocycles. The van der Waals surface area contributed by atoms with Gasteiger partial charge in [0.1, 0.15) is 0 Å². The normalized spacial score (nSPS) is 11.7. The second-order valence-corrected chi connectivity index (χ2v) is 9.17. The van der Waals surface area contributed by atoms with Gasteiger partial charge in [0.25, 0.3) is 0 Å². The van der Waals surface area contributed by atoms with Crippen LogP contribution in [0.25, 0.3) is 0 Å². The van der Waals surface area contributed by atoms with Gasteiger partial charge in [0, 0.05) is 5.56 Å². The number of hydrogen-bond acceptors (Lipinski definition) is 1. The molecule has 1 atom stereocenters. The van der Waals surface area contributed by atoms with Crippen molar-refractivity contribution in [3.8, 4) is 0 Å². The van der Waals surface area contributed by atoms with E-state index in [1.165, 1.54) is 27.6 Å². The molecule has 2 aromatic carbocycles. The molecule has 0 aromatic heterocycles. The Labute approximate surface area is 168 Å². The van der Waals surface area contributed by atoms with Crippen LogP contribution in [-0.4, -0.2) is 5.52 Å². The fourth-order valence-corrected chi connectivity index (χ4v) is 4.59. The van der Waals surface area contributed by atoms with Crippen LogP contribution in [0.2, 0.25) is 0 Å². The molecule has 0 saturated heterocycles. The minimum Gasteiger partial charge on any atom is -1.00 e. The summed E-state index contributed by atoms with van der Waals surface area (Å²) in [7, 11) is 0.187. The van der Waals surface area contributed by atoms with Gasteiger partial charge in [0.2, 0.25) is 0 Å². The largest absolute Gasteiger partial charge is 1.00 e. The summed E-state index contributed by atoms with van der Waals surface area (Å²) in [6, 6.07) is 8.70. The fourth-order valence-electron chi connectivity index (χ4n) is 3.31. The third-order valence-electron chi connectivity index (χ3n) is 4.54. The molecule has 0 aliphatic rings. The van der Waals surface area contributed by atoms with Crippen molar-refractivity contribution in [3.05, 3.63) is 63.2 Å². The van der Waals surface area contributed by atoms with Gasteiger partial charge in [0.15, 0.2) is 5.52 Å². The van der Waals surface area contributed by atoms with Crippen molar-refractivity contribution in [2.24, 2.45) is 0 Å². The molecule has 2 rings (SSSR count). The van der Waals surface area contributed by atoms with Crippen molar-refractivity contribution < 1.29 is 25.1 Å². The van der Waals surface area contributed by atoms with E-state index in [1.807, 2.05) is 0 Å². The second kappa shape index (κ2) is 8.22. The van der Waals surface area contributed by atoms with Gasteiger partial charge in [-0.15, -0.1) is 0 Å². The molecule has 0 N–H and O–H groups in total. The van der Waals surface area contributed by atoms with E-state index in [9.17, 15) is 4.79 Å². The summed E-state index contributed by atoms with van der Waals surface area (Å²) >= 11 is 0. The van der Waals surface area contributed by atoms with Crippen LogP contribution in [0.15, 0.2) is 24.3 Å². The van der Waals surface area contributed by atoms with E-state index >= 15 is 0 Å². The molecule has 0 amide bonds. The molecular formula is C22H30LiOP. The molecule has 0 heterocycles. The van der Waals surface area contributed by atoms with Crippen LogP contribution in [0.4, 0.5) is 0 Å². The van der Waals surface area contributed by atoms with Crippen LogP contribution in [0, 0.1) is 34.6 Å². The minimum absolute atomic E-state index is 0. The van der Waals surface area contributed by atoms with Gasteiger partial charge in [-0.25, -0.2) is 0 Å². The van der Waals surface area contributed by atoms with Gasteiger partial charge in [-0.1, -0.05) is 50.6 Å². The predicted molar refractivity (Wildman–Crippen MR) is 109 cm³/mol. The maximum absolute atomic E-state index is 13.0. The standard InChI is InChI=1S/C22H29OP.Li.H/c1-13-9-16(4)20(17(5)10-13)24-21(23)19-14(2)11-18(12-15(19)3)22(6,7)8;;/h9-12,24H,1-8H3;;/q;+1;-1. The first-order valence-electron chi connectivity index (χ1n) is 8.51. The molecule has 0 spiro atoms. The first-order chi connectivity index (χ1) is 11.0. The van der Waals surface area contributed by atoms with Gasteiger partial charge in [0.05, 0.1) is 0 Å². The molecule has 1 unspecified atom stereocenters. The van der Waals surface area contributed by atoms with Crippen LogP contribution in [-0.2, 0) is 5.41 Å². The molecule has 130 valence electrons. The number of hydrogen-bond donors (Lipinski definition) is 0. The Hall–Kier alpha value is -0.863. The van der Waals surface area contributed by atoms with Crippen LogP contribution in [0.5, 0.6) is 0 Å². The topological polar surface area (TPSA) is 17.1 Å². The van der Waals surface area contributed by atoms with Crippen LogP contribution in [0.1, 0.15) is 65.9 Å². The Morgan fingerprint density at radius 1 is 0.840 bits per heavy atom. The minimum atomic E-state index is 0. The maximum Gasteiger partial charge on any atom is 1.00 e. The molecule has 0 aliphatic heterocycles. The number of carbonyl (C=O) groups is 1. The summed E-state index contributed by atoms with van der Waals surface area (Å²) in [5, 5.41) is 1.20. The molecule has 0 fully saturated rings. The van der Waals surface area contributed by atoms with Gasteiger partial charge in [-0.05, 0) is 81.7 Å². The summed E-state index contributed by atoms with van der Waals surface area (Å²) in [5.74, 6) is 0. The second-order valence-electron chi connectivity index (χ2n) is 7.96. The zero-order valence-corrected chi connectivity index (χ0v) is 18.2. The van der Waals surface area contributed by atoms with E-state index in [1.54, 1.807) is 0 Å². The molecule has 1 nitrogen and oxygen atoms in total. The van der Waals surface area contributed by atoms with Crippen molar-refractivity contribution in [1.82, 2.24) is 0 Å². The quantitative estimate of drug-likeness (QED) is 0.616. The van der Waals surface area contributed by atoms with Crippen molar-refractivity contribution in [3.63, 3.8) is 0 Å². The van der Waals surface area contributed by atoms with Gasteiger partial charge in [-0.2, -0.15) is 0 Å². The molecule has 25 heavy (non-hydrogen) atoms. The summed E-state index contributed by atoms with van der Waals surface area (Å²) in [5.41, 5.74) is 8.44. The molecule has 0 bridgehead atoms. The first-order valence-corrected chi connectivity index (χ1v) is 9.51. The average Bonchev–Trinajstić information content (AvgIpc) is 2.40. The average molecular weight is 348 g/mol.